The van der Waals surface area contributed by atoms with Crippen LogP contribution in [0.2, 0.25) is 0 Å². The van der Waals surface area contributed by atoms with Gasteiger partial charge in [-0.2, -0.15) is 0 Å². The van der Waals surface area contributed by atoms with E-state index < -0.39 is 5.60 Å². The van der Waals surface area contributed by atoms with Gasteiger partial charge < -0.3 is 25.0 Å². The van der Waals surface area contributed by atoms with E-state index in [9.17, 15) is 4.79 Å². The molecule has 2 fully saturated rings. The van der Waals surface area contributed by atoms with Crippen molar-refractivity contribution in [1.82, 2.24) is 4.90 Å². The number of hydrogen-bond donors (Lipinski definition) is 1. The molecule has 6 nitrogen and oxygen atoms in total. The molecule has 2 saturated heterocycles. The number of carbonyl (C=O) groups excluding carboxylic acids is 1. The van der Waals surface area contributed by atoms with Gasteiger partial charge in [-0.1, -0.05) is 0 Å². The highest BCUT2D eigenvalue weighted by Gasteiger charge is 2.46. The third-order valence-electron chi connectivity index (χ3n) is 5.49. The molecule has 6 heteroatoms. The third kappa shape index (κ3) is 3.69. The van der Waals surface area contributed by atoms with Gasteiger partial charge in [0.2, 0.25) is 0 Å². The lowest BCUT2D eigenvalue weighted by molar-refractivity contribution is 0.00322. The Morgan fingerprint density at radius 1 is 1.15 bits per heavy atom. The van der Waals surface area contributed by atoms with Crippen LogP contribution in [0.1, 0.15) is 46.5 Å². The van der Waals surface area contributed by atoms with Gasteiger partial charge in [0.1, 0.15) is 11.4 Å². The van der Waals surface area contributed by atoms with E-state index >= 15 is 0 Å². The lowest BCUT2D eigenvalue weighted by atomic mass is 9.85. The first-order chi connectivity index (χ1) is 12.2. The van der Waals surface area contributed by atoms with Crippen molar-refractivity contribution in [3.63, 3.8) is 0 Å². The van der Waals surface area contributed by atoms with Crippen LogP contribution >= 0.6 is 0 Å². The van der Waals surface area contributed by atoms with Crippen LogP contribution < -0.4 is 15.4 Å². The number of amides is 1. The van der Waals surface area contributed by atoms with Crippen molar-refractivity contribution in [2.24, 2.45) is 0 Å². The first-order valence-electron chi connectivity index (χ1n) is 9.43. The number of benzene rings is 1. The monoisotopic (exact) mass is 361 g/mol. The van der Waals surface area contributed by atoms with E-state index in [0.717, 1.165) is 51.0 Å². The van der Waals surface area contributed by atoms with E-state index in [1.54, 1.807) is 7.11 Å². The number of methoxy groups -OCH3 is 1. The Hall–Kier alpha value is -2.11. The van der Waals surface area contributed by atoms with Gasteiger partial charge in [-0.3, -0.25) is 0 Å². The number of anilines is 2. The normalized spacial score (nSPS) is 19.7. The molecule has 0 atom stereocenters. The van der Waals surface area contributed by atoms with Crippen LogP contribution in [0.25, 0.3) is 0 Å². The van der Waals surface area contributed by atoms with Crippen molar-refractivity contribution in [3.8, 4) is 5.75 Å². The maximum Gasteiger partial charge on any atom is 0.410 e. The first-order valence-corrected chi connectivity index (χ1v) is 9.43. The van der Waals surface area contributed by atoms with Crippen molar-refractivity contribution in [2.45, 2.75) is 57.6 Å². The lowest BCUT2D eigenvalue weighted by Gasteiger charge is -2.45. The maximum atomic E-state index is 12.7. The fourth-order valence-electron chi connectivity index (χ4n) is 4.14. The Labute approximate surface area is 156 Å². The molecule has 1 spiro atoms. The molecule has 1 aromatic carbocycles. The number of nitrogens with zero attached hydrogens (tertiary/aromatic N) is 2. The Morgan fingerprint density at radius 2 is 1.85 bits per heavy atom. The van der Waals surface area contributed by atoms with Crippen LogP contribution in [0.5, 0.6) is 5.75 Å². The first kappa shape index (κ1) is 18.7. The molecule has 2 aliphatic heterocycles. The summed E-state index contributed by atoms with van der Waals surface area (Å²) in [5.41, 5.74) is 7.18. The Kier molecular flexibility index (Phi) is 4.95. The molecule has 0 aromatic heterocycles. The molecule has 0 saturated carbocycles. The number of hydrogen-bond acceptors (Lipinski definition) is 5. The molecular weight excluding hydrogens is 330 g/mol. The van der Waals surface area contributed by atoms with E-state index in [4.69, 9.17) is 15.2 Å². The topological polar surface area (TPSA) is 68.0 Å². The summed E-state index contributed by atoms with van der Waals surface area (Å²) in [6, 6.07) is 5.92. The largest absolute Gasteiger partial charge is 0.495 e. The molecule has 2 aliphatic rings. The van der Waals surface area contributed by atoms with Crippen LogP contribution in [0.3, 0.4) is 0 Å². The maximum absolute atomic E-state index is 12.7. The van der Waals surface area contributed by atoms with Crippen LogP contribution in [0, 0.1) is 0 Å². The molecule has 1 aromatic rings. The van der Waals surface area contributed by atoms with E-state index in [0.29, 0.717) is 11.4 Å². The summed E-state index contributed by atoms with van der Waals surface area (Å²) in [4.78, 5) is 17.0. The van der Waals surface area contributed by atoms with E-state index in [1.165, 1.54) is 0 Å². The van der Waals surface area contributed by atoms with E-state index in [2.05, 4.69) is 4.90 Å². The molecule has 0 unspecified atom stereocenters. The molecule has 2 N–H and O–H groups in total. The lowest BCUT2D eigenvalue weighted by Crippen LogP contribution is -2.55. The van der Waals surface area contributed by atoms with Crippen molar-refractivity contribution >= 4 is 17.5 Å². The smallest absolute Gasteiger partial charge is 0.410 e. The van der Waals surface area contributed by atoms with Gasteiger partial charge in [0.25, 0.3) is 0 Å². The molecule has 0 aliphatic carbocycles. The average molecular weight is 361 g/mol. The summed E-state index contributed by atoms with van der Waals surface area (Å²) >= 11 is 0. The Morgan fingerprint density at radius 3 is 2.46 bits per heavy atom. The predicted octanol–water partition coefficient (Wildman–Crippen LogP) is 3.65. The SMILES string of the molecule is COc1cc(N2CCC3(CCCN3C(=O)OC(C)(C)C)CC2)ccc1N. The molecular formula is C20H31N3O3. The average Bonchev–Trinajstić information content (AvgIpc) is 2.98. The number of nitrogen functional groups attached to an aromatic ring is 1. The van der Waals surface area contributed by atoms with Gasteiger partial charge in [0.15, 0.2) is 0 Å². The second-order valence-corrected chi connectivity index (χ2v) is 8.37. The minimum Gasteiger partial charge on any atom is -0.495 e. The zero-order valence-corrected chi connectivity index (χ0v) is 16.4. The van der Waals surface area contributed by atoms with Crippen molar-refractivity contribution in [3.05, 3.63) is 18.2 Å². The molecule has 144 valence electrons. The van der Waals surface area contributed by atoms with Crippen LogP contribution in [-0.2, 0) is 4.74 Å². The van der Waals surface area contributed by atoms with Gasteiger partial charge in [-0.25, -0.2) is 4.79 Å². The van der Waals surface area contributed by atoms with Gasteiger partial charge in [-0.05, 0) is 58.6 Å². The summed E-state index contributed by atoms with van der Waals surface area (Å²) in [6.45, 7) is 8.38. The summed E-state index contributed by atoms with van der Waals surface area (Å²) in [5.74, 6) is 0.707. The predicted molar refractivity (Wildman–Crippen MR) is 104 cm³/mol. The fraction of sp³-hybridized carbons (Fsp3) is 0.650. The van der Waals surface area contributed by atoms with Crippen LogP contribution in [0.15, 0.2) is 18.2 Å². The molecule has 3 rings (SSSR count). The molecule has 2 heterocycles. The van der Waals surface area contributed by atoms with Gasteiger partial charge >= 0.3 is 6.09 Å². The summed E-state index contributed by atoms with van der Waals surface area (Å²) < 4.78 is 11.0. The molecule has 26 heavy (non-hydrogen) atoms. The highest BCUT2D eigenvalue weighted by Crippen LogP contribution is 2.40. The Bertz CT molecular complexity index is 661. The van der Waals surface area contributed by atoms with Gasteiger partial charge in [-0.15, -0.1) is 0 Å². The molecule has 0 bridgehead atoms. The summed E-state index contributed by atoms with van der Waals surface area (Å²) in [7, 11) is 1.64. The minimum atomic E-state index is -0.456. The van der Waals surface area contributed by atoms with Crippen LogP contribution in [-0.4, -0.2) is 48.9 Å². The quantitative estimate of drug-likeness (QED) is 0.815. The Balaban J connectivity index is 1.69. The zero-order chi connectivity index (χ0) is 18.9. The number of nitrogens with two attached hydrogens (primary N) is 1. The second kappa shape index (κ2) is 6.89. The summed E-state index contributed by atoms with van der Waals surface area (Å²) in [5, 5.41) is 0. The van der Waals surface area contributed by atoms with Gasteiger partial charge in [0, 0.05) is 36.9 Å². The summed E-state index contributed by atoms with van der Waals surface area (Å²) in [6.07, 6.45) is 3.86. The van der Waals surface area contributed by atoms with Crippen molar-refractivity contribution < 1.29 is 14.3 Å². The second-order valence-electron chi connectivity index (χ2n) is 8.37. The van der Waals surface area contributed by atoms with Crippen molar-refractivity contribution in [1.29, 1.82) is 0 Å². The molecule has 0 radical (unpaired) electrons. The molecule has 1 amide bonds. The van der Waals surface area contributed by atoms with Gasteiger partial charge in [0.05, 0.1) is 12.8 Å². The third-order valence-corrected chi connectivity index (χ3v) is 5.49. The number of ether oxygens (including phenoxy) is 2. The zero-order valence-electron chi connectivity index (χ0n) is 16.4. The van der Waals surface area contributed by atoms with Crippen LogP contribution in [0.4, 0.5) is 16.2 Å². The van der Waals surface area contributed by atoms with E-state index in [-0.39, 0.29) is 11.6 Å². The van der Waals surface area contributed by atoms with Crippen molar-refractivity contribution in [2.75, 3.05) is 37.4 Å². The number of carbonyl (C=O) groups is 1. The highest BCUT2D eigenvalue weighted by atomic mass is 16.6. The van der Waals surface area contributed by atoms with E-state index in [1.807, 2.05) is 43.9 Å². The minimum absolute atomic E-state index is 0.0588. The standard InChI is InChI=1S/C20H31N3O3/c1-19(2,3)26-18(24)23-11-5-8-20(23)9-12-22(13-10-20)15-6-7-16(21)17(14-15)25-4/h6-7,14H,5,8-13,21H2,1-4H3. The number of likely N-dealkylation sites (tertiary alicyclic amines) is 1. The fourth-order valence-corrected chi connectivity index (χ4v) is 4.14. The highest BCUT2D eigenvalue weighted by molar-refractivity contribution is 5.70. The number of piperidine rings is 1. The number of rotatable bonds is 2.